The average molecular weight is 483 g/mol. The van der Waals surface area contributed by atoms with E-state index in [9.17, 15) is 4.79 Å². The molecule has 3 nitrogen and oxygen atoms in total. The van der Waals surface area contributed by atoms with Crippen molar-refractivity contribution in [2.45, 2.75) is 49.3 Å². The van der Waals surface area contributed by atoms with Gasteiger partial charge in [0.1, 0.15) is 0 Å². The molecule has 0 aromatic heterocycles. The van der Waals surface area contributed by atoms with E-state index in [-0.39, 0.29) is 6.03 Å². The van der Waals surface area contributed by atoms with E-state index >= 15 is 0 Å². The van der Waals surface area contributed by atoms with E-state index < -0.39 is 0 Å². The Hall–Kier alpha value is -2.24. The van der Waals surface area contributed by atoms with Gasteiger partial charge < -0.3 is 10.6 Å². The summed E-state index contributed by atoms with van der Waals surface area (Å²) in [5, 5.41) is 6.05. The maximum absolute atomic E-state index is 12.7. The molecule has 2 N–H and O–H groups in total. The van der Waals surface area contributed by atoms with E-state index in [1.807, 2.05) is 36.4 Å². The molecule has 3 aromatic rings. The second kappa shape index (κ2) is 10.2. The Bertz CT molecular complexity index is 972. The minimum Gasteiger partial charge on any atom is -0.308 e. The van der Waals surface area contributed by atoms with Crippen molar-refractivity contribution in [1.82, 2.24) is 0 Å². The quantitative estimate of drug-likeness (QED) is 0.369. The number of nitrogens with one attached hydrogen (secondary N) is 2. The number of urea groups is 1. The van der Waals surface area contributed by atoms with Crippen LogP contribution in [0.3, 0.4) is 0 Å². The first kappa shape index (κ1) is 22.4. The Balaban J connectivity index is 1.69. The number of carbonyl (C=O) groups is 1. The molecule has 3 rings (SSSR count). The summed E-state index contributed by atoms with van der Waals surface area (Å²) in [6.45, 7) is 8.57. The monoisotopic (exact) mass is 482 g/mol. The lowest BCUT2D eigenvalue weighted by atomic mass is 9.93. The predicted octanol–water partition coefficient (Wildman–Crippen LogP) is 8.49. The summed E-state index contributed by atoms with van der Waals surface area (Å²) in [5.41, 5.74) is 3.98. The van der Waals surface area contributed by atoms with Gasteiger partial charge >= 0.3 is 6.03 Å². The topological polar surface area (TPSA) is 41.1 Å². The molecule has 0 aliphatic rings. The highest BCUT2D eigenvalue weighted by atomic mass is 79.9. The summed E-state index contributed by atoms with van der Waals surface area (Å²) in [4.78, 5) is 15.0. The van der Waals surface area contributed by atoms with Crippen LogP contribution in [0.15, 0.2) is 81.0 Å². The van der Waals surface area contributed by atoms with Crippen molar-refractivity contribution in [1.29, 1.82) is 0 Å². The van der Waals surface area contributed by atoms with Gasteiger partial charge in [-0.25, -0.2) is 4.79 Å². The summed E-state index contributed by atoms with van der Waals surface area (Å²) in [6.07, 6.45) is 0. The zero-order valence-corrected chi connectivity index (χ0v) is 20.1. The van der Waals surface area contributed by atoms with E-state index in [1.54, 1.807) is 11.8 Å². The van der Waals surface area contributed by atoms with E-state index in [0.717, 1.165) is 31.9 Å². The third-order valence-electron chi connectivity index (χ3n) is 4.77. The Morgan fingerprint density at radius 2 is 1.27 bits per heavy atom. The molecule has 0 atom stereocenters. The van der Waals surface area contributed by atoms with Gasteiger partial charge in [0.15, 0.2) is 0 Å². The fourth-order valence-corrected chi connectivity index (χ4v) is 4.30. The summed E-state index contributed by atoms with van der Waals surface area (Å²) < 4.78 is 1.07. The van der Waals surface area contributed by atoms with Gasteiger partial charge in [-0.2, -0.15) is 0 Å². The number of carbonyl (C=O) groups excluding carboxylic acids is 1. The molecule has 0 saturated carbocycles. The van der Waals surface area contributed by atoms with Gasteiger partial charge in [0.2, 0.25) is 0 Å². The Labute approximate surface area is 191 Å². The van der Waals surface area contributed by atoms with Gasteiger partial charge in [-0.3, -0.25) is 0 Å². The van der Waals surface area contributed by atoms with Crippen molar-refractivity contribution < 1.29 is 4.79 Å². The predicted molar refractivity (Wildman–Crippen MR) is 132 cm³/mol. The molecule has 3 aromatic carbocycles. The third-order valence-corrected chi connectivity index (χ3v) is 6.32. The van der Waals surface area contributed by atoms with Crippen molar-refractivity contribution in [3.8, 4) is 0 Å². The minimum atomic E-state index is -0.224. The van der Waals surface area contributed by atoms with Crippen LogP contribution in [0, 0.1) is 0 Å². The van der Waals surface area contributed by atoms with Crippen LogP contribution in [0.4, 0.5) is 16.2 Å². The standard InChI is InChI=1S/C25H27BrN2OS/c1-16(2)22-6-5-7-23(17(3)4)24(22)28-25(29)27-19-10-14-21(15-11-19)30-20-12-8-18(26)9-13-20/h5-17H,1-4H3,(H2,27,28,29). The van der Waals surface area contributed by atoms with Crippen LogP contribution >= 0.6 is 27.7 Å². The van der Waals surface area contributed by atoms with Crippen molar-refractivity contribution >= 4 is 45.1 Å². The number of hydrogen-bond acceptors (Lipinski definition) is 2. The first-order valence-corrected chi connectivity index (χ1v) is 11.7. The molecule has 0 unspecified atom stereocenters. The zero-order chi connectivity index (χ0) is 21.7. The van der Waals surface area contributed by atoms with Crippen LogP contribution in [0.5, 0.6) is 0 Å². The van der Waals surface area contributed by atoms with Crippen LogP contribution in [-0.4, -0.2) is 6.03 Å². The third kappa shape index (κ3) is 5.89. The lowest BCUT2D eigenvalue weighted by molar-refractivity contribution is 0.262. The Morgan fingerprint density at radius 3 is 1.77 bits per heavy atom. The number of anilines is 2. The molecule has 0 saturated heterocycles. The molecule has 0 aliphatic heterocycles. The average Bonchev–Trinajstić information content (AvgIpc) is 2.71. The molecule has 0 fully saturated rings. The van der Waals surface area contributed by atoms with Crippen LogP contribution in [0.2, 0.25) is 0 Å². The molecule has 0 radical (unpaired) electrons. The van der Waals surface area contributed by atoms with Crippen molar-refractivity contribution in [3.05, 3.63) is 82.3 Å². The normalized spacial score (nSPS) is 11.0. The lowest BCUT2D eigenvalue weighted by Gasteiger charge is -2.20. The number of halogens is 1. The Kier molecular flexibility index (Phi) is 7.62. The number of para-hydroxylation sites is 1. The molecular formula is C25H27BrN2OS. The molecule has 30 heavy (non-hydrogen) atoms. The molecule has 0 spiro atoms. The number of rotatable bonds is 6. The lowest BCUT2D eigenvalue weighted by Crippen LogP contribution is -2.21. The van der Waals surface area contributed by atoms with Crippen molar-refractivity contribution in [3.63, 3.8) is 0 Å². The summed E-state index contributed by atoms with van der Waals surface area (Å²) >= 11 is 5.14. The molecule has 2 amide bonds. The summed E-state index contributed by atoms with van der Waals surface area (Å²) in [6, 6.07) is 22.1. The molecule has 0 bridgehead atoms. The first-order chi connectivity index (χ1) is 14.3. The van der Waals surface area contributed by atoms with Gasteiger partial charge in [-0.1, -0.05) is 73.6 Å². The van der Waals surface area contributed by atoms with E-state index in [1.165, 1.54) is 4.90 Å². The van der Waals surface area contributed by atoms with Crippen LogP contribution in [-0.2, 0) is 0 Å². The van der Waals surface area contributed by atoms with Gasteiger partial charge in [0.25, 0.3) is 0 Å². The van der Waals surface area contributed by atoms with Gasteiger partial charge in [-0.05, 0) is 71.5 Å². The first-order valence-electron chi connectivity index (χ1n) is 10.1. The second-order valence-corrected chi connectivity index (χ2v) is 9.84. The van der Waals surface area contributed by atoms with Gasteiger partial charge in [-0.15, -0.1) is 0 Å². The van der Waals surface area contributed by atoms with Crippen LogP contribution in [0.25, 0.3) is 0 Å². The number of benzene rings is 3. The molecule has 156 valence electrons. The molecule has 0 heterocycles. The fraction of sp³-hybridized carbons (Fsp3) is 0.240. The molecular weight excluding hydrogens is 456 g/mol. The Morgan fingerprint density at radius 1 is 0.767 bits per heavy atom. The molecule has 0 aliphatic carbocycles. The SMILES string of the molecule is CC(C)c1cccc(C(C)C)c1NC(=O)Nc1ccc(Sc2ccc(Br)cc2)cc1. The van der Waals surface area contributed by atoms with Crippen LogP contribution in [0.1, 0.15) is 50.7 Å². The highest BCUT2D eigenvalue weighted by molar-refractivity contribution is 9.10. The second-order valence-electron chi connectivity index (χ2n) is 7.78. The largest absolute Gasteiger partial charge is 0.323 e. The van der Waals surface area contributed by atoms with E-state index in [4.69, 9.17) is 0 Å². The summed E-state index contributed by atoms with van der Waals surface area (Å²) in [7, 11) is 0. The maximum atomic E-state index is 12.7. The fourth-order valence-electron chi connectivity index (χ4n) is 3.22. The highest BCUT2D eigenvalue weighted by Gasteiger charge is 2.16. The van der Waals surface area contributed by atoms with Crippen molar-refractivity contribution in [2.75, 3.05) is 10.6 Å². The van der Waals surface area contributed by atoms with Crippen LogP contribution < -0.4 is 10.6 Å². The van der Waals surface area contributed by atoms with Gasteiger partial charge in [0.05, 0.1) is 0 Å². The van der Waals surface area contributed by atoms with Gasteiger partial charge in [0, 0.05) is 25.6 Å². The number of hydrogen-bond donors (Lipinski definition) is 2. The smallest absolute Gasteiger partial charge is 0.308 e. The van der Waals surface area contributed by atoms with E-state index in [0.29, 0.717) is 11.8 Å². The maximum Gasteiger partial charge on any atom is 0.323 e. The van der Waals surface area contributed by atoms with E-state index in [2.05, 4.69) is 84.6 Å². The zero-order valence-electron chi connectivity index (χ0n) is 17.7. The highest BCUT2D eigenvalue weighted by Crippen LogP contribution is 2.33. The minimum absolute atomic E-state index is 0.224. The summed E-state index contributed by atoms with van der Waals surface area (Å²) in [5.74, 6) is 0.655. The molecule has 5 heteroatoms. The van der Waals surface area contributed by atoms with Crippen molar-refractivity contribution in [2.24, 2.45) is 0 Å². The number of amides is 2.